The second kappa shape index (κ2) is 9.70. The molecule has 164 valence electrons. The number of thioether (sulfide) groups is 1. The van der Waals surface area contributed by atoms with E-state index in [-0.39, 0.29) is 5.56 Å². The Morgan fingerprint density at radius 3 is 2.42 bits per heavy atom. The zero-order valence-corrected chi connectivity index (χ0v) is 19.3. The first-order chi connectivity index (χ1) is 15.0. The fraction of sp³-hybridized carbons (Fsp3) is 0.435. The number of hydrogen-bond donors (Lipinski definition) is 0. The molecular formula is C23H30N6OS. The zero-order chi connectivity index (χ0) is 21.8. The van der Waals surface area contributed by atoms with Gasteiger partial charge < -0.3 is 4.90 Å². The van der Waals surface area contributed by atoms with E-state index in [4.69, 9.17) is 0 Å². The van der Waals surface area contributed by atoms with Crippen LogP contribution in [0.3, 0.4) is 0 Å². The van der Waals surface area contributed by atoms with E-state index in [1.54, 1.807) is 11.8 Å². The summed E-state index contributed by atoms with van der Waals surface area (Å²) in [6, 6.07) is 9.63. The maximum absolute atomic E-state index is 13.3. The minimum atomic E-state index is -0.0446. The number of rotatable bonds is 7. The highest BCUT2D eigenvalue weighted by Crippen LogP contribution is 2.30. The van der Waals surface area contributed by atoms with E-state index >= 15 is 0 Å². The summed E-state index contributed by atoms with van der Waals surface area (Å²) in [6.07, 6.45) is 5.94. The molecular weight excluding hydrogens is 408 g/mol. The summed E-state index contributed by atoms with van der Waals surface area (Å²) in [5, 5.41) is 9.21. The molecule has 1 aliphatic rings. The Bertz CT molecular complexity index is 1050. The number of anilines is 1. The molecule has 0 spiro atoms. The summed E-state index contributed by atoms with van der Waals surface area (Å²) in [5.74, 6) is 0. The van der Waals surface area contributed by atoms with Crippen molar-refractivity contribution in [2.24, 2.45) is 0 Å². The van der Waals surface area contributed by atoms with Gasteiger partial charge in [0.25, 0.3) is 5.56 Å². The van der Waals surface area contributed by atoms with Crippen molar-refractivity contribution in [3.8, 4) is 5.69 Å². The standard InChI is InChI=1S/C23H30N6OS/c1-4-28-17-19(14-24-28)16-26-10-12-27(13-11-26)21-15-25-29(20-8-6-5-7-9-20)23(30)22(21)31-18(2)3/h5-9,14-15,17-18H,4,10-13,16H2,1-3H3. The topological polar surface area (TPSA) is 59.2 Å². The SMILES string of the molecule is CCn1cc(CN2CCN(c3cnn(-c4ccccc4)c(=O)c3SC(C)C)CC2)cn1. The van der Waals surface area contributed by atoms with Crippen molar-refractivity contribution in [1.82, 2.24) is 24.5 Å². The maximum Gasteiger partial charge on any atom is 0.287 e. The van der Waals surface area contributed by atoms with Gasteiger partial charge in [-0.2, -0.15) is 14.9 Å². The van der Waals surface area contributed by atoms with Crippen LogP contribution in [0.2, 0.25) is 0 Å². The maximum atomic E-state index is 13.3. The molecule has 0 aliphatic carbocycles. The van der Waals surface area contributed by atoms with Crippen LogP contribution in [-0.4, -0.2) is 55.9 Å². The number of piperazine rings is 1. The van der Waals surface area contributed by atoms with Crippen LogP contribution in [0.4, 0.5) is 5.69 Å². The smallest absolute Gasteiger partial charge is 0.287 e. The number of benzene rings is 1. The van der Waals surface area contributed by atoms with Crippen molar-refractivity contribution < 1.29 is 0 Å². The largest absolute Gasteiger partial charge is 0.367 e. The molecule has 0 radical (unpaired) electrons. The van der Waals surface area contributed by atoms with Gasteiger partial charge in [-0.25, -0.2) is 0 Å². The predicted molar refractivity (Wildman–Crippen MR) is 126 cm³/mol. The van der Waals surface area contributed by atoms with Crippen molar-refractivity contribution in [2.75, 3.05) is 31.1 Å². The molecule has 0 atom stereocenters. The zero-order valence-electron chi connectivity index (χ0n) is 18.4. The predicted octanol–water partition coefficient (Wildman–Crippen LogP) is 3.27. The van der Waals surface area contributed by atoms with Gasteiger partial charge in [0.2, 0.25) is 0 Å². The molecule has 31 heavy (non-hydrogen) atoms. The molecule has 0 bridgehead atoms. The Labute approximate surface area is 187 Å². The van der Waals surface area contributed by atoms with Crippen LogP contribution >= 0.6 is 11.8 Å². The number of aromatic nitrogens is 4. The van der Waals surface area contributed by atoms with Gasteiger partial charge in [0.1, 0.15) is 0 Å². The fourth-order valence-corrected chi connectivity index (χ4v) is 4.78. The van der Waals surface area contributed by atoms with Crippen LogP contribution in [0.1, 0.15) is 26.3 Å². The summed E-state index contributed by atoms with van der Waals surface area (Å²) >= 11 is 1.62. The van der Waals surface area contributed by atoms with Crippen LogP contribution in [0, 0.1) is 0 Å². The highest BCUT2D eigenvalue weighted by atomic mass is 32.2. The van der Waals surface area contributed by atoms with Crippen LogP contribution in [0.15, 0.2) is 58.6 Å². The molecule has 1 aliphatic heterocycles. The van der Waals surface area contributed by atoms with Gasteiger partial charge in [-0.15, -0.1) is 11.8 Å². The van der Waals surface area contributed by atoms with E-state index in [0.29, 0.717) is 5.25 Å². The Hall–Kier alpha value is -2.58. The second-order valence-corrected chi connectivity index (χ2v) is 9.63. The quantitative estimate of drug-likeness (QED) is 0.528. The third-order valence-corrected chi connectivity index (χ3v) is 6.49. The molecule has 0 unspecified atom stereocenters. The molecule has 1 aromatic carbocycles. The summed E-state index contributed by atoms with van der Waals surface area (Å²) in [4.78, 5) is 18.9. The number of para-hydroxylation sites is 1. The molecule has 4 rings (SSSR count). The summed E-state index contributed by atoms with van der Waals surface area (Å²) in [5.41, 5.74) is 2.95. The Kier molecular flexibility index (Phi) is 6.77. The van der Waals surface area contributed by atoms with Crippen molar-refractivity contribution in [1.29, 1.82) is 0 Å². The second-order valence-electron chi connectivity index (χ2n) is 8.05. The molecule has 1 fully saturated rings. The minimum Gasteiger partial charge on any atom is -0.367 e. The fourth-order valence-electron chi connectivity index (χ4n) is 3.82. The number of aryl methyl sites for hydroxylation is 1. The lowest BCUT2D eigenvalue weighted by Crippen LogP contribution is -2.46. The Morgan fingerprint density at radius 2 is 1.77 bits per heavy atom. The lowest BCUT2D eigenvalue weighted by Gasteiger charge is -2.36. The van der Waals surface area contributed by atoms with Gasteiger partial charge in [0.15, 0.2) is 0 Å². The monoisotopic (exact) mass is 438 g/mol. The lowest BCUT2D eigenvalue weighted by atomic mass is 10.2. The first-order valence-corrected chi connectivity index (χ1v) is 11.8. The van der Waals surface area contributed by atoms with Crippen LogP contribution in [0.5, 0.6) is 0 Å². The van der Waals surface area contributed by atoms with Gasteiger partial charge in [-0.1, -0.05) is 32.0 Å². The normalized spacial score (nSPS) is 15.0. The van der Waals surface area contributed by atoms with E-state index in [9.17, 15) is 4.79 Å². The average molecular weight is 439 g/mol. The van der Waals surface area contributed by atoms with Crippen LogP contribution in [-0.2, 0) is 13.1 Å². The van der Waals surface area contributed by atoms with Crippen molar-refractivity contribution in [2.45, 2.75) is 44.0 Å². The lowest BCUT2D eigenvalue weighted by molar-refractivity contribution is 0.249. The molecule has 0 saturated carbocycles. The summed E-state index contributed by atoms with van der Waals surface area (Å²) in [7, 11) is 0. The molecule has 3 aromatic rings. The van der Waals surface area contributed by atoms with E-state index in [1.807, 2.05) is 47.4 Å². The highest BCUT2D eigenvalue weighted by molar-refractivity contribution is 8.00. The van der Waals surface area contributed by atoms with E-state index in [1.165, 1.54) is 10.2 Å². The minimum absolute atomic E-state index is 0.0446. The van der Waals surface area contributed by atoms with Gasteiger partial charge in [0.05, 0.1) is 28.7 Å². The summed E-state index contributed by atoms with van der Waals surface area (Å²) < 4.78 is 3.48. The van der Waals surface area contributed by atoms with Crippen molar-refractivity contribution >= 4 is 17.4 Å². The number of nitrogens with zero attached hydrogens (tertiary/aromatic N) is 6. The highest BCUT2D eigenvalue weighted by Gasteiger charge is 2.23. The average Bonchev–Trinajstić information content (AvgIpc) is 3.24. The van der Waals surface area contributed by atoms with Crippen LogP contribution < -0.4 is 10.5 Å². The van der Waals surface area contributed by atoms with Gasteiger partial charge in [0, 0.05) is 56.3 Å². The first kappa shape index (κ1) is 21.6. The molecule has 2 aromatic heterocycles. The van der Waals surface area contributed by atoms with Gasteiger partial charge >= 0.3 is 0 Å². The molecule has 0 amide bonds. The molecule has 1 saturated heterocycles. The van der Waals surface area contributed by atoms with E-state index in [0.717, 1.165) is 55.5 Å². The van der Waals surface area contributed by atoms with Crippen molar-refractivity contribution in [3.63, 3.8) is 0 Å². The molecule has 0 N–H and O–H groups in total. The molecule has 3 heterocycles. The Morgan fingerprint density at radius 1 is 1.03 bits per heavy atom. The Balaban J connectivity index is 1.52. The third kappa shape index (κ3) is 5.02. The number of hydrogen-bond acceptors (Lipinski definition) is 6. The summed E-state index contributed by atoms with van der Waals surface area (Å²) in [6.45, 7) is 11.8. The van der Waals surface area contributed by atoms with Crippen LogP contribution in [0.25, 0.3) is 5.69 Å². The molecule has 8 heteroatoms. The van der Waals surface area contributed by atoms with E-state index in [2.05, 4.69) is 47.0 Å². The van der Waals surface area contributed by atoms with E-state index < -0.39 is 0 Å². The third-order valence-electron chi connectivity index (χ3n) is 5.40. The van der Waals surface area contributed by atoms with Gasteiger partial charge in [-0.3, -0.25) is 14.4 Å². The van der Waals surface area contributed by atoms with Gasteiger partial charge in [-0.05, 0) is 19.1 Å². The first-order valence-electron chi connectivity index (χ1n) is 10.9. The van der Waals surface area contributed by atoms with Crippen molar-refractivity contribution in [3.05, 3.63) is 64.8 Å². The molecule has 7 nitrogen and oxygen atoms in total.